The molecule has 0 spiro atoms. The van der Waals surface area contributed by atoms with E-state index in [1.165, 1.54) is 5.56 Å². The largest absolute Gasteiger partial charge is 0.490 e. The van der Waals surface area contributed by atoms with E-state index in [1.54, 1.807) is 0 Å². The van der Waals surface area contributed by atoms with Crippen molar-refractivity contribution in [3.8, 4) is 0 Å². The molecule has 1 aliphatic rings. The fourth-order valence-electron chi connectivity index (χ4n) is 3.80. The van der Waals surface area contributed by atoms with Crippen LogP contribution < -0.4 is 10.2 Å². The molecule has 1 saturated heterocycles. The molecule has 3 aromatic rings. The van der Waals surface area contributed by atoms with Crippen LogP contribution in [0.5, 0.6) is 0 Å². The van der Waals surface area contributed by atoms with Crippen LogP contribution in [-0.2, 0) is 11.2 Å². The summed E-state index contributed by atoms with van der Waals surface area (Å²) in [6.45, 7) is 4.63. The number of halogens is 3. The van der Waals surface area contributed by atoms with Gasteiger partial charge >= 0.3 is 12.1 Å². The van der Waals surface area contributed by atoms with Crippen LogP contribution in [0.1, 0.15) is 37.0 Å². The number of aliphatic hydroxyl groups is 1. The summed E-state index contributed by atoms with van der Waals surface area (Å²) in [7, 11) is 0. The normalized spacial score (nSPS) is 17.2. The SMILES string of the molecule is CCc1ccc(C(O)CNC2CCCN(c3nc4ccccc4[nH]3)C2)cc1.O=C(O)C(F)(F)F. The maximum absolute atomic E-state index is 10.6. The Labute approximate surface area is 195 Å². The van der Waals surface area contributed by atoms with Crippen molar-refractivity contribution < 1.29 is 28.2 Å². The van der Waals surface area contributed by atoms with Gasteiger partial charge in [-0.2, -0.15) is 13.2 Å². The number of aryl methyl sites for hydroxylation is 1. The summed E-state index contributed by atoms with van der Waals surface area (Å²) in [6.07, 6.45) is -2.29. The average molecular weight is 479 g/mol. The number of para-hydroxylation sites is 2. The zero-order chi connectivity index (χ0) is 24.7. The lowest BCUT2D eigenvalue weighted by Gasteiger charge is -2.33. The molecular weight excluding hydrogens is 449 g/mol. The van der Waals surface area contributed by atoms with Crippen LogP contribution in [-0.4, -0.2) is 58.0 Å². The van der Waals surface area contributed by atoms with E-state index in [0.29, 0.717) is 12.6 Å². The Hall–Kier alpha value is -3.11. The van der Waals surface area contributed by atoms with Crippen molar-refractivity contribution in [2.45, 2.75) is 44.5 Å². The van der Waals surface area contributed by atoms with Crippen molar-refractivity contribution in [3.63, 3.8) is 0 Å². The number of carboxylic acids is 1. The first-order chi connectivity index (χ1) is 16.2. The Morgan fingerprint density at radius 2 is 1.91 bits per heavy atom. The monoisotopic (exact) mass is 478 g/mol. The molecule has 1 fully saturated rings. The van der Waals surface area contributed by atoms with Crippen LogP contribution in [0.3, 0.4) is 0 Å². The highest BCUT2D eigenvalue weighted by molar-refractivity contribution is 5.77. The van der Waals surface area contributed by atoms with Crippen LogP contribution in [0.2, 0.25) is 0 Å². The zero-order valence-corrected chi connectivity index (χ0v) is 18.8. The van der Waals surface area contributed by atoms with E-state index in [-0.39, 0.29) is 0 Å². The molecule has 0 bridgehead atoms. The number of hydrogen-bond acceptors (Lipinski definition) is 5. The van der Waals surface area contributed by atoms with E-state index < -0.39 is 18.2 Å². The zero-order valence-electron chi connectivity index (χ0n) is 18.8. The molecule has 2 unspecified atom stereocenters. The number of aliphatic carboxylic acids is 1. The number of carbonyl (C=O) groups is 1. The van der Waals surface area contributed by atoms with Crippen molar-refractivity contribution in [2.75, 3.05) is 24.5 Å². The number of aromatic nitrogens is 2. The van der Waals surface area contributed by atoms with Gasteiger partial charge in [0.15, 0.2) is 0 Å². The van der Waals surface area contributed by atoms with Gasteiger partial charge < -0.3 is 25.4 Å². The van der Waals surface area contributed by atoms with Gasteiger partial charge in [-0.25, -0.2) is 9.78 Å². The van der Waals surface area contributed by atoms with Gasteiger partial charge in [0.05, 0.1) is 17.1 Å². The number of aliphatic hydroxyl groups excluding tert-OH is 1. The first kappa shape index (κ1) is 25.5. The van der Waals surface area contributed by atoms with Crippen molar-refractivity contribution in [2.24, 2.45) is 0 Å². The molecule has 2 heterocycles. The molecule has 0 saturated carbocycles. The maximum atomic E-state index is 10.6. The Bertz CT molecular complexity index is 1040. The number of piperidine rings is 1. The second-order valence-corrected chi connectivity index (χ2v) is 8.18. The third kappa shape index (κ3) is 6.94. The first-order valence-corrected chi connectivity index (χ1v) is 11.2. The van der Waals surface area contributed by atoms with Crippen molar-refractivity contribution in [3.05, 3.63) is 59.7 Å². The third-order valence-corrected chi connectivity index (χ3v) is 5.71. The summed E-state index contributed by atoms with van der Waals surface area (Å²) in [5.74, 6) is -1.81. The smallest absolute Gasteiger partial charge is 0.475 e. The maximum Gasteiger partial charge on any atom is 0.490 e. The number of benzene rings is 2. The molecule has 0 amide bonds. The number of nitrogens with one attached hydrogen (secondary N) is 2. The van der Waals surface area contributed by atoms with Gasteiger partial charge in [0.2, 0.25) is 5.95 Å². The third-order valence-electron chi connectivity index (χ3n) is 5.71. The molecule has 184 valence electrons. The predicted octanol–water partition coefficient (Wildman–Crippen LogP) is 4.05. The molecule has 1 aromatic heterocycles. The van der Waals surface area contributed by atoms with E-state index >= 15 is 0 Å². The molecular formula is C24H29F3N4O3. The van der Waals surface area contributed by atoms with Gasteiger partial charge in [-0.15, -0.1) is 0 Å². The lowest BCUT2D eigenvalue weighted by atomic mass is 10.0. The fourth-order valence-corrected chi connectivity index (χ4v) is 3.80. The number of nitrogens with zero attached hydrogens (tertiary/aromatic N) is 2. The van der Waals surface area contributed by atoms with Gasteiger partial charge in [-0.05, 0) is 42.5 Å². The van der Waals surface area contributed by atoms with Crippen molar-refractivity contribution in [1.82, 2.24) is 15.3 Å². The number of imidazole rings is 1. The summed E-state index contributed by atoms with van der Waals surface area (Å²) in [6, 6.07) is 16.8. The van der Waals surface area contributed by atoms with Gasteiger partial charge in [-0.1, -0.05) is 43.3 Å². The topological polar surface area (TPSA) is 101 Å². The summed E-state index contributed by atoms with van der Waals surface area (Å²) >= 11 is 0. The minimum atomic E-state index is -5.08. The van der Waals surface area contributed by atoms with E-state index in [2.05, 4.69) is 40.3 Å². The molecule has 1 aliphatic heterocycles. The number of aromatic amines is 1. The van der Waals surface area contributed by atoms with E-state index in [9.17, 15) is 18.3 Å². The van der Waals surface area contributed by atoms with Crippen molar-refractivity contribution in [1.29, 1.82) is 0 Å². The summed E-state index contributed by atoms with van der Waals surface area (Å²) in [5, 5.41) is 21.2. The predicted molar refractivity (Wildman–Crippen MR) is 124 cm³/mol. The van der Waals surface area contributed by atoms with E-state index in [4.69, 9.17) is 14.9 Å². The minimum absolute atomic E-state index is 0.358. The second-order valence-electron chi connectivity index (χ2n) is 8.18. The highest BCUT2D eigenvalue weighted by atomic mass is 19.4. The number of fused-ring (bicyclic) bond motifs is 1. The number of rotatable bonds is 6. The van der Waals surface area contributed by atoms with Gasteiger partial charge in [0.25, 0.3) is 0 Å². The number of carboxylic acid groups (broad SMARTS) is 1. The Morgan fingerprint density at radius 1 is 1.24 bits per heavy atom. The average Bonchev–Trinajstić information content (AvgIpc) is 3.27. The number of alkyl halides is 3. The molecule has 10 heteroatoms. The molecule has 0 radical (unpaired) electrons. The summed E-state index contributed by atoms with van der Waals surface area (Å²) in [5.41, 5.74) is 4.36. The van der Waals surface area contributed by atoms with Crippen LogP contribution in [0.15, 0.2) is 48.5 Å². The minimum Gasteiger partial charge on any atom is -0.475 e. The van der Waals surface area contributed by atoms with Gasteiger partial charge in [0, 0.05) is 25.7 Å². The number of H-pyrrole nitrogens is 1. The van der Waals surface area contributed by atoms with E-state index in [0.717, 1.165) is 54.9 Å². The van der Waals surface area contributed by atoms with Crippen LogP contribution >= 0.6 is 0 Å². The van der Waals surface area contributed by atoms with Crippen LogP contribution in [0.4, 0.5) is 19.1 Å². The molecule has 4 rings (SSSR count). The highest BCUT2D eigenvalue weighted by Gasteiger charge is 2.38. The molecule has 0 aliphatic carbocycles. The van der Waals surface area contributed by atoms with Crippen LogP contribution in [0.25, 0.3) is 11.0 Å². The standard InChI is InChI=1S/C22H28N4O.C2HF3O2/c1-2-16-9-11-17(12-10-16)21(27)14-23-18-6-5-13-26(15-18)22-24-19-7-3-4-8-20(19)25-22;3-2(4,5)1(6)7/h3-4,7-12,18,21,23,27H,2,5-6,13-15H2,1H3,(H,24,25);(H,6,7). The lowest BCUT2D eigenvalue weighted by molar-refractivity contribution is -0.192. The molecule has 7 nitrogen and oxygen atoms in total. The lowest BCUT2D eigenvalue weighted by Crippen LogP contribution is -2.47. The highest BCUT2D eigenvalue weighted by Crippen LogP contribution is 2.21. The second kappa shape index (κ2) is 11.3. The summed E-state index contributed by atoms with van der Waals surface area (Å²) < 4.78 is 31.7. The first-order valence-electron chi connectivity index (χ1n) is 11.2. The summed E-state index contributed by atoms with van der Waals surface area (Å²) in [4.78, 5) is 19.4. The number of anilines is 1. The Morgan fingerprint density at radius 3 is 2.53 bits per heavy atom. The van der Waals surface area contributed by atoms with Gasteiger partial charge in [-0.3, -0.25) is 0 Å². The van der Waals surface area contributed by atoms with Gasteiger partial charge in [0.1, 0.15) is 0 Å². The van der Waals surface area contributed by atoms with Crippen molar-refractivity contribution >= 4 is 23.0 Å². The van der Waals surface area contributed by atoms with E-state index in [1.807, 2.05) is 30.3 Å². The Kier molecular flexibility index (Phi) is 8.51. The molecule has 34 heavy (non-hydrogen) atoms. The number of hydrogen-bond donors (Lipinski definition) is 4. The van der Waals surface area contributed by atoms with Crippen LogP contribution in [0, 0.1) is 0 Å². The fraction of sp³-hybridized carbons (Fsp3) is 0.417. The molecule has 4 N–H and O–H groups in total. The molecule has 2 aromatic carbocycles. The Balaban J connectivity index is 0.000000406. The molecule has 2 atom stereocenters. The quantitative estimate of drug-likeness (QED) is 0.427.